The van der Waals surface area contributed by atoms with Crippen LogP contribution >= 0.6 is 0 Å². The maximum atomic E-state index is 12.7. The summed E-state index contributed by atoms with van der Waals surface area (Å²) < 4.78 is 11.5. The molecule has 30 heavy (non-hydrogen) atoms. The molecule has 3 fully saturated rings. The Balaban J connectivity index is 1.73. The van der Waals surface area contributed by atoms with Gasteiger partial charge in [0.1, 0.15) is 17.6 Å². The van der Waals surface area contributed by atoms with Crippen LogP contribution in [0, 0.1) is 10.8 Å². The Morgan fingerprint density at radius 1 is 0.767 bits per heavy atom. The number of unbranched alkanes of at least 4 members (excludes halogenated alkanes) is 10. The van der Waals surface area contributed by atoms with Crippen molar-refractivity contribution in [2.24, 2.45) is 10.8 Å². The molecule has 1 aliphatic carbocycles. The normalized spacial score (nSPS) is 36.1. The lowest BCUT2D eigenvalue weighted by Crippen LogP contribution is -2.59. The van der Waals surface area contributed by atoms with Crippen LogP contribution in [0.3, 0.4) is 0 Å². The molecule has 5 unspecified atom stereocenters. The smallest absolute Gasteiger partial charge is 0.313 e. The Labute approximate surface area is 180 Å². The van der Waals surface area contributed by atoms with E-state index in [4.69, 9.17) is 9.47 Å². The van der Waals surface area contributed by atoms with Gasteiger partial charge < -0.3 is 19.7 Å². The molecule has 0 radical (unpaired) electrons. The third-order valence-corrected chi connectivity index (χ3v) is 7.84. The minimum absolute atomic E-state index is 0.254. The molecule has 0 aromatic rings. The molecule has 2 N–H and O–H groups in total. The highest BCUT2D eigenvalue weighted by Crippen LogP contribution is 2.74. The highest BCUT2D eigenvalue weighted by Gasteiger charge is 2.91. The molecule has 1 saturated carbocycles. The lowest BCUT2D eigenvalue weighted by atomic mass is 9.52. The van der Waals surface area contributed by atoms with Crippen molar-refractivity contribution in [1.29, 1.82) is 0 Å². The van der Waals surface area contributed by atoms with Crippen LogP contribution < -0.4 is 0 Å². The van der Waals surface area contributed by atoms with E-state index in [1.807, 2.05) is 0 Å². The van der Waals surface area contributed by atoms with E-state index < -0.39 is 34.7 Å². The number of carbonyl (C=O) groups is 2. The maximum Gasteiger partial charge on any atom is 0.313 e. The van der Waals surface area contributed by atoms with Gasteiger partial charge in [0.05, 0.1) is 5.41 Å². The SMILES string of the molecule is CCCCCCCCC1(C(=O)O)CC2OC23OC3C1(CCCCCCCC)C(=O)O. The number of epoxide rings is 2. The molecule has 0 aromatic carbocycles. The van der Waals surface area contributed by atoms with Crippen molar-refractivity contribution in [1.82, 2.24) is 0 Å². The van der Waals surface area contributed by atoms with Crippen LogP contribution in [0.5, 0.6) is 0 Å². The molecule has 3 aliphatic rings. The molecule has 1 spiro atoms. The quantitative estimate of drug-likeness (QED) is 0.250. The van der Waals surface area contributed by atoms with Crippen molar-refractivity contribution in [2.75, 3.05) is 0 Å². The van der Waals surface area contributed by atoms with Gasteiger partial charge in [-0.25, -0.2) is 0 Å². The van der Waals surface area contributed by atoms with Crippen LogP contribution in [0.2, 0.25) is 0 Å². The van der Waals surface area contributed by atoms with Gasteiger partial charge in [-0.05, 0) is 19.3 Å². The van der Waals surface area contributed by atoms with E-state index in [9.17, 15) is 19.8 Å². The van der Waals surface area contributed by atoms with Crippen molar-refractivity contribution in [3.8, 4) is 0 Å². The van der Waals surface area contributed by atoms with Crippen molar-refractivity contribution >= 4 is 11.9 Å². The van der Waals surface area contributed by atoms with Gasteiger partial charge in [0.2, 0.25) is 5.79 Å². The Bertz CT molecular complexity index is 621. The van der Waals surface area contributed by atoms with Gasteiger partial charge >= 0.3 is 11.9 Å². The molecular weight excluding hydrogens is 384 g/mol. The lowest BCUT2D eigenvalue weighted by Gasteiger charge is -2.46. The summed E-state index contributed by atoms with van der Waals surface area (Å²) in [6.07, 6.45) is 12.6. The van der Waals surface area contributed by atoms with Gasteiger partial charge in [-0.1, -0.05) is 90.9 Å². The third-order valence-electron chi connectivity index (χ3n) is 7.84. The monoisotopic (exact) mass is 424 g/mol. The number of carboxylic acids is 2. The van der Waals surface area contributed by atoms with Gasteiger partial charge in [-0.3, -0.25) is 9.59 Å². The topological polar surface area (TPSA) is 99.7 Å². The highest BCUT2D eigenvalue weighted by atomic mass is 16.9. The Morgan fingerprint density at radius 3 is 1.83 bits per heavy atom. The Hall–Kier alpha value is -1.14. The molecule has 2 aliphatic heterocycles. The molecular formula is C24H40O6. The number of hydrogen-bond donors (Lipinski definition) is 2. The maximum absolute atomic E-state index is 12.7. The molecule has 2 heterocycles. The zero-order valence-corrected chi connectivity index (χ0v) is 18.8. The molecule has 6 nitrogen and oxygen atoms in total. The lowest BCUT2D eigenvalue weighted by molar-refractivity contribution is -0.181. The van der Waals surface area contributed by atoms with Gasteiger partial charge in [0, 0.05) is 0 Å². The molecule has 0 aromatic heterocycles. The van der Waals surface area contributed by atoms with E-state index in [0.29, 0.717) is 12.8 Å². The largest absolute Gasteiger partial charge is 0.481 e. The summed E-state index contributed by atoms with van der Waals surface area (Å²) in [6.45, 7) is 4.34. The molecule has 6 heteroatoms. The first kappa shape index (κ1) is 23.5. The van der Waals surface area contributed by atoms with Crippen LogP contribution in [0.1, 0.15) is 110 Å². The first-order valence-corrected chi connectivity index (χ1v) is 12.2. The average Bonchev–Trinajstić information content (AvgIpc) is 3.60. The van der Waals surface area contributed by atoms with Crippen LogP contribution in [0.4, 0.5) is 0 Å². The van der Waals surface area contributed by atoms with E-state index >= 15 is 0 Å². The molecule has 2 saturated heterocycles. The number of ether oxygens (including phenoxy) is 2. The first-order valence-electron chi connectivity index (χ1n) is 12.2. The Morgan fingerprint density at radius 2 is 1.30 bits per heavy atom. The minimum atomic E-state index is -1.39. The fourth-order valence-corrected chi connectivity index (χ4v) is 5.95. The van der Waals surface area contributed by atoms with E-state index in [0.717, 1.165) is 57.8 Å². The molecule has 172 valence electrons. The van der Waals surface area contributed by atoms with E-state index in [-0.39, 0.29) is 12.5 Å². The summed E-state index contributed by atoms with van der Waals surface area (Å²) in [5.41, 5.74) is -2.70. The number of hydrogen-bond acceptors (Lipinski definition) is 4. The molecule has 0 bridgehead atoms. The zero-order valence-electron chi connectivity index (χ0n) is 18.8. The number of rotatable bonds is 16. The van der Waals surface area contributed by atoms with Crippen LogP contribution in [-0.4, -0.2) is 40.1 Å². The second-order valence-electron chi connectivity index (χ2n) is 9.73. The van der Waals surface area contributed by atoms with Gasteiger partial charge in [0.25, 0.3) is 0 Å². The van der Waals surface area contributed by atoms with Crippen LogP contribution in [-0.2, 0) is 19.1 Å². The molecule has 0 amide bonds. The summed E-state index contributed by atoms with van der Waals surface area (Å²) in [5.74, 6) is -2.79. The van der Waals surface area contributed by atoms with E-state index in [2.05, 4.69) is 13.8 Å². The summed E-state index contributed by atoms with van der Waals surface area (Å²) in [6, 6.07) is 0. The standard InChI is InChI=1S/C24H40O6/c1-3-5-7-9-11-13-15-22(20(25)26)17-18-24(29-18)19(30-24)23(22,21(27)28)16-14-12-10-8-6-4-2/h18-19H,3-17H2,1-2H3,(H,25,26)(H,27,28). The summed E-state index contributed by atoms with van der Waals surface area (Å²) >= 11 is 0. The predicted molar refractivity (Wildman–Crippen MR) is 113 cm³/mol. The van der Waals surface area contributed by atoms with E-state index in [1.165, 1.54) is 19.3 Å². The second kappa shape index (κ2) is 9.56. The van der Waals surface area contributed by atoms with E-state index in [1.54, 1.807) is 0 Å². The van der Waals surface area contributed by atoms with Gasteiger partial charge in [-0.2, -0.15) is 0 Å². The van der Waals surface area contributed by atoms with Crippen molar-refractivity contribution < 1.29 is 29.3 Å². The van der Waals surface area contributed by atoms with Crippen LogP contribution in [0.15, 0.2) is 0 Å². The first-order chi connectivity index (χ1) is 14.4. The molecule has 5 atom stereocenters. The average molecular weight is 425 g/mol. The van der Waals surface area contributed by atoms with Gasteiger partial charge in [-0.15, -0.1) is 0 Å². The fourth-order valence-electron chi connectivity index (χ4n) is 5.95. The van der Waals surface area contributed by atoms with Crippen LogP contribution in [0.25, 0.3) is 0 Å². The highest BCUT2D eigenvalue weighted by molar-refractivity contribution is 5.89. The van der Waals surface area contributed by atoms with Crippen molar-refractivity contribution in [2.45, 2.75) is 128 Å². The van der Waals surface area contributed by atoms with Crippen molar-refractivity contribution in [3.05, 3.63) is 0 Å². The predicted octanol–water partition coefficient (Wildman–Crippen LogP) is 5.53. The summed E-state index contributed by atoms with van der Waals surface area (Å²) in [4.78, 5) is 25.4. The van der Waals surface area contributed by atoms with Crippen molar-refractivity contribution in [3.63, 3.8) is 0 Å². The molecule has 3 rings (SSSR count). The number of aliphatic carboxylic acids is 2. The minimum Gasteiger partial charge on any atom is -0.481 e. The summed E-state index contributed by atoms with van der Waals surface area (Å²) in [5, 5.41) is 20.8. The Kier molecular flexibility index (Phi) is 7.49. The second-order valence-corrected chi connectivity index (χ2v) is 9.73. The van der Waals surface area contributed by atoms with Gasteiger partial charge in [0.15, 0.2) is 0 Å². The zero-order chi connectivity index (χ0) is 21.8. The summed E-state index contributed by atoms with van der Waals surface area (Å²) in [7, 11) is 0. The fraction of sp³-hybridized carbons (Fsp3) is 0.917. The number of carboxylic acid groups (broad SMARTS) is 2. The third kappa shape index (κ3) is 4.02.